The van der Waals surface area contributed by atoms with Crippen LogP contribution in [0.2, 0.25) is 0 Å². The lowest BCUT2D eigenvalue weighted by atomic mass is 10.2. The van der Waals surface area contributed by atoms with Gasteiger partial charge in [0.2, 0.25) is 0 Å². The lowest BCUT2D eigenvalue weighted by Crippen LogP contribution is -2.05. The maximum atomic E-state index is 11.0. The van der Waals surface area contributed by atoms with Gasteiger partial charge in [-0.25, -0.2) is 4.98 Å². The van der Waals surface area contributed by atoms with Crippen LogP contribution in [0.15, 0.2) is 36.8 Å². The molecule has 0 N–H and O–H groups in total. The molecule has 0 spiro atoms. The monoisotopic (exact) mass is 302 g/mol. The molecule has 1 heterocycles. The number of aromatic nitrogens is 2. The van der Waals surface area contributed by atoms with E-state index in [1.54, 1.807) is 10.9 Å². The lowest BCUT2D eigenvalue weighted by molar-refractivity contribution is -0.140. The quantitative estimate of drug-likeness (QED) is 0.425. The Morgan fingerprint density at radius 2 is 2.14 bits per heavy atom. The molecule has 22 heavy (non-hydrogen) atoms. The molecule has 1 aromatic carbocycles. The SMILES string of the molecule is COC(=O)CCCCOc1ccccc1-n1cncc1C=O. The van der Waals surface area contributed by atoms with Crippen molar-refractivity contribution in [3.63, 3.8) is 0 Å². The zero-order valence-corrected chi connectivity index (χ0v) is 12.4. The second-order valence-corrected chi connectivity index (χ2v) is 4.66. The maximum absolute atomic E-state index is 11.0. The summed E-state index contributed by atoms with van der Waals surface area (Å²) in [5.74, 6) is 0.455. The average Bonchev–Trinajstić information content (AvgIpc) is 3.03. The summed E-state index contributed by atoms with van der Waals surface area (Å²) in [4.78, 5) is 26.0. The fourth-order valence-electron chi connectivity index (χ4n) is 2.03. The number of esters is 1. The van der Waals surface area contributed by atoms with Gasteiger partial charge in [0, 0.05) is 6.42 Å². The molecule has 0 aliphatic carbocycles. The van der Waals surface area contributed by atoms with Crippen molar-refractivity contribution < 1.29 is 19.1 Å². The van der Waals surface area contributed by atoms with Gasteiger partial charge in [0.05, 0.1) is 31.9 Å². The van der Waals surface area contributed by atoms with E-state index >= 15 is 0 Å². The number of carbonyl (C=O) groups is 2. The summed E-state index contributed by atoms with van der Waals surface area (Å²) in [5.41, 5.74) is 1.22. The molecule has 0 saturated carbocycles. The van der Waals surface area contributed by atoms with E-state index in [-0.39, 0.29) is 5.97 Å². The van der Waals surface area contributed by atoms with Gasteiger partial charge in [-0.1, -0.05) is 12.1 Å². The van der Waals surface area contributed by atoms with Crippen molar-refractivity contribution in [2.24, 2.45) is 0 Å². The number of hydrogen-bond acceptors (Lipinski definition) is 5. The number of unbranched alkanes of at least 4 members (excludes halogenated alkanes) is 1. The molecule has 0 bridgehead atoms. The van der Waals surface area contributed by atoms with Crippen LogP contribution in [0, 0.1) is 0 Å². The van der Waals surface area contributed by atoms with E-state index in [0.29, 0.717) is 30.9 Å². The Balaban J connectivity index is 1.98. The third kappa shape index (κ3) is 3.94. The Labute approximate surface area is 128 Å². The smallest absolute Gasteiger partial charge is 0.305 e. The van der Waals surface area contributed by atoms with Gasteiger partial charge in [-0.05, 0) is 25.0 Å². The van der Waals surface area contributed by atoms with E-state index in [1.807, 2.05) is 24.3 Å². The van der Waals surface area contributed by atoms with Crippen molar-refractivity contribution in [1.29, 1.82) is 0 Å². The van der Waals surface area contributed by atoms with Crippen molar-refractivity contribution in [2.75, 3.05) is 13.7 Å². The number of imidazole rings is 1. The summed E-state index contributed by atoms with van der Waals surface area (Å²) in [6.07, 6.45) is 5.66. The minimum atomic E-state index is -0.213. The first kappa shape index (κ1) is 15.8. The van der Waals surface area contributed by atoms with Crippen molar-refractivity contribution in [3.05, 3.63) is 42.5 Å². The van der Waals surface area contributed by atoms with Crippen molar-refractivity contribution in [1.82, 2.24) is 9.55 Å². The average molecular weight is 302 g/mol. The molecular formula is C16H18N2O4. The molecule has 0 aliphatic heterocycles. The first-order valence-electron chi connectivity index (χ1n) is 7.03. The maximum Gasteiger partial charge on any atom is 0.305 e. The molecule has 116 valence electrons. The molecule has 0 fully saturated rings. The number of aldehydes is 1. The number of para-hydroxylation sites is 2. The summed E-state index contributed by atoms with van der Waals surface area (Å²) >= 11 is 0. The molecule has 0 amide bonds. The van der Waals surface area contributed by atoms with E-state index in [9.17, 15) is 9.59 Å². The molecule has 0 aliphatic rings. The van der Waals surface area contributed by atoms with Gasteiger partial charge in [0.1, 0.15) is 11.4 Å². The van der Waals surface area contributed by atoms with E-state index in [1.165, 1.54) is 13.3 Å². The van der Waals surface area contributed by atoms with E-state index < -0.39 is 0 Å². The molecule has 2 aromatic rings. The fraction of sp³-hybridized carbons (Fsp3) is 0.312. The van der Waals surface area contributed by atoms with Crippen molar-refractivity contribution >= 4 is 12.3 Å². The molecule has 0 atom stereocenters. The second kappa shape index (κ2) is 7.97. The summed E-state index contributed by atoms with van der Waals surface area (Å²) in [7, 11) is 1.38. The van der Waals surface area contributed by atoms with Crippen LogP contribution < -0.4 is 4.74 Å². The van der Waals surface area contributed by atoms with Gasteiger partial charge in [0.25, 0.3) is 0 Å². The number of hydrogen-bond donors (Lipinski definition) is 0. The molecule has 0 radical (unpaired) electrons. The van der Waals surface area contributed by atoms with Crippen LogP contribution in [-0.2, 0) is 9.53 Å². The van der Waals surface area contributed by atoms with Crippen LogP contribution in [0.1, 0.15) is 29.8 Å². The van der Waals surface area contributed by atoms with Crippen LogP contribution in [0.25, 0.3) is 5.69 Å². The minimum Gasteiger partial charge on any atom is -0.491 e. The number of rotatable bonds is 8. The molecule has 1 aromatic heterocycles. The third-order valence-electron chi connectivity index (χ3n) is 3.17. The summed E-state index contributed by atoms with van der Waals surface area (Å²) in [5, 5.41) is 0. The first-order chi connectivity index (χ1) is 10.8. The normalized spacial score (nSPS) is 10.2. The van der Waals surface area contributed by atoms with Crippen molar-refractivity contribution in [2.45, 2.75) is 19.3 Å². The highest BCUT2D eigenvalue weighted by atomic mass is 16.5. The highest BCUT2D eigenvalue weighted by molar-refractivity contribution is 5.73. The number of ether oxygens (including phenoxy) is 2. The number of carbonyl (C=O) groups excluding carboxylic acids is 2. The predicted molar refractivity (Wildman–Crippen MR) is 80.3 cm³/mol. The molecular weight excluding hydrogens is 284 g/mol. The van der Waals surface area contributed by atoms with Gasteiger partial charge in [-0.2, -0.15) is 0 Å². The number of nitrogens with zero attached hydrogens (tertiary/aromatic N) is 2. The molecule has 2 rings (SSSR count). The summed E-state index contributed by atoms with van der Waals surface area (Å²) < 4.78 is 12.0. The van der Waals surface area contributed by atoms with Crippen LogP contribution in [-0.4, -0.2) is 35.5 Å². The minimum absolute atomic E-state index is 0.213. The number of benzene rings is 1. The Morgan fingerprint density at radius 3 is 2.91 bits per heavy atom. The Morgan fingerprint density at radius 1 is 1.32 bits per heavy atom. The molecule has 6 nitrogen and oxygen atoms in total. The second-order valence-electron chi connectivity index (χ2n) is 4.66. The van der Waals surface area contributed by atoms with Crippen LogP contribution in [0.5, 0.6) is 5.75 Å². The number of methoxy groups -OCH3 is 1. The zero-order chi connectivity index (χ0) is 15.8. The standard InChI is InChI=1S/C16H18N2O4/c1-21-16(20)8-4-5-9-22-15-7-3-2-6-14(15)18-12-17-10-13(18)11-19/h2-3,6-7,10-12H,4-5,8-9H2,1H3. The highest BCUT2D eigenvalue weighted by Crippen LogP contribution is 2.23. The van der Waals surface area contributed by atoms with Gasteiger partial charge < -0.3 is 9.47 Å². The lowest BCUT2D eigenvalue weighted by Gasteiger charge is -2.12. The van der Waals surface area contributed by atoms with E-state index in [0.717, 1.165) is 18.4 Å². The van der Waals surface area contributed by atoms with Gasteiger partial charge in [0.15, 0.2) is 6.29 Å². The third-order valence-corrected chi connectivity index (χ3v) is 3.17. The van der Waals surface area contributed by atoms with Crippen LogP contribution in [0.4, 0.5) is 0 Å². The topological polar surface area (TPSA) is 70.4 Å². The van der Waals surface area contributed by atoms with Crippen molar-refractivity contribution in [3.8, 4) is 11.4 Å². The Kier molecular flexibility index (Phi) is 5.71. The Bertz CT molecular complexity index is 637. The van der Waals surface area contributed by atoms with Crippen LogP contribution >= 0.6 is 0 Å². The fourth-order valence-corrected chi connectivity index (χ4v) is 2.03. The van der Waals surface area contributed by atoms with E-state index in [4.69, 9.17) is 4.74 Å². The largest absolute Gasteiger partial charge is 0.491 e. The van der Waals surface area contributed by atoms with E-state index in [2.05, 4.69) is 9.72 Å². The Hall–Kier alpha value is -2.63. The summed E-state index contributed by atoms with van der Waals surface area (Å²) in [6.45, 7) is 0.485. The van der Waals surface area contributed by atoms with Crippen LogP contribution in [0.3, 0.4) is 0 Å². The summed E-state index contributed by atoms with van der Waals surface area (Å²) in [6, 6.07) is 7.43. The predicted octanol–water partition coefficient (Wildman–Crippen LogP) is 2.41. The molecule has 6 heteroatoms. The van der Waals surface area contributed by atoms with Gasteiger partial charge in [-0.3, -0.25) is 14.2 Å². The molecule has 0 saturated heterocycles. The molecule has 0 unspecified atom stereocenters. The van der Waals surface area contributed by atoms with Gasteiger partial charge >= 0.3 is 5.97 Å². The zero-order valence-electron chi connectivity index (χ0n) is 12.4. The first-order valence-corrected chi connectivity index (χ1v) is 7.03. The van der Waals surface area contributed by atoms with Gasteiger partial charge in [-0.15, -0.1) is 0 Å². The highest BCUT2D eigenvalue weighted by Gasteiger charge is 2.09.